The zero-order valence-electron chi connectivity index (χ0n) is 10.7. The second-order valence-corrected chi connectivity index (χ2v) is 4.39. The van der Waals surface area contributed by atoms with Gasteiger partial charge in [0.25, 0.3) is 0 Å². The van der Waals surface area contributed by atoms with Gasteiger partial charge < -0.3 is 0 Å². The molecule has 2 heteroatoms. The van der Waals surface area contributed by atoms with Crippen LogP contribution < -0.4 is 0 Å². The molecule has 0 N–H and O–H groups in total. The van der Waals surface area contributed by atoms with Gasteiger partial charge in [-0.2, -0.15) is 0 Å². The molecule has 0 aliphatic rings. The SMILES string of the molecule is C#CC(c1ccc(F)cc1)C(C#C)c1ccc(F)cc1. The monoisotopic (exact) mass is 266 g/mol. The van der Waals surface area contributed by atoms with Gasteiger partial charge in [-0.15, -0.1) is 12.8 Å². The lowest BCUT2D eigenvalue weighted by atomic mass is 9.82. The highest BCUT2D eigenvalue weighted by Crippen LogP contribution is 2.32. The van der Waals surface area contributed by atoms with Crippen LogP contribution in [0.1, 0.15) is 23.0 Å². The number of terminal acetylenes is 2. The number of hydrogen-bond acceptors (Lipinski definition) is 0. The molecule has 2 aromatic carbocycles. The number of halogens is 2. The number of rotatable bonds is 3. The van der Waals surface area contributed by atoms with Crippen LogP contribution in [0.25, 0.3) is 0 Å². The third kappa shape index (κ3) is 2.87. The second kappa shape index (κ2) is 6.04. The van der Waals surface area contributed by atoms with Gasteiger partial charge in [-0.05, 0) is 35.4 Å². The van der Waals surface area contributed by atoms with Crippen LogP contribution in [0.3, 0.4) is 0 Å². The molecule has 98 valence electrons. The predicted molar refractivity (Wildman–Crippen MR) is 75.9 cm³/mol. The van der Waals surface area contributed by atoms with Crippen LogP contribution in [0.15, 0.2) is 48.5 Å². The van der Waals surface area contributed by atoms with E-state index in [1.165, 1.54) is 24.3 Å². The van der Waals surface area contributed by atoms with Gasteiger partial charge in [0.1, 0.15) is 11.6 Å². The fourth-order valence-electron chi connectivity index (χ4n) is 2.11. The maximum atomic E-state index is 13.0. The quantitative estimate of drug-likeness (QED) is 0.734. The average Bonchev–Trinajstić information content (AvgIpc) is 2.47. The Kier molecular flexibility index (Phi) is 4.18. The van der Waals surface area contributed by atoms with E-state index in [0.717, 1.165) is 11.1 Å². The van der Waals surface area contributed by atoms with Crippen LogP contribution in [-0.4, -0.2) is 0 Å². The fraction of sp³-hybridized carbons (Fsp3) is 0.111. The lowest BCUT2D eigenvalue weighted by molar-refractivity contribution is 0.624. The molecule has 0 saturated heterocycles. The summed E-state index contributed by atoms with van der Waals surface area (Å²) in [6, 6.07) is 11.9. The molecule has 0 aliphatic heterocycles. The van der Waals surface area contributed by atoms with Crippen molar-refractivity contribution in [2.75, 3.05) is 0 Å². The summed E-state index contributed by atoms with van der Waals surface area (Å²) in [5, 5.41) is 0. The highest BCUT2D eigenvalue weighted by molar-refractivity contribution is 5.39. The Balaban J connectivity index is 2.38. The zero-order valence-corrected chi connectivity index (χ0v) is 10.7. The molecule has 2 aromatic rings. The Bertz CT molecular complexity index is 593. The molecule has 0 heterocycles. The Morgan fingerprint density at radius 3 is 1.20 bits per heavy atom. The van der Waals surface area contributed by atoms with Crippen molar-refractivity contribution in [2.45, 2.75) is 11.8 Å². The van der Waals surface area contributed by atoms with E-state index in [9.17, 15) is 8.78 Å². The molecule has 0 radical (unpaired) electrons. The van der Waals surface area contributed by atoms with E-state index < -0.39 is 0 Å². The Hall–Kier alpha value is -2.58. The minimum Gasteiger partial charge on any atom is -0.207 e. The molecule has 20 heavy (non-hydrogen) atoms. The van der Waals surface area contributed by atoms with Crippen molar-refractivity contribution >= 4 is 0 Å². The van der Waals surface area contributed by atoms with E-state index in [0.29, 0.717) is 0 Å². The molecule has 0 aromatic heterocycles. The topological polar surface area (TPSA) is 0 Å². The zero-order chi connectivity index (χ0) is 14.5. The summed E-state index contributed by atoms with van der Waals surface area (Å²) in [6.45, 7) is 0. The molecule has 0 fully saturated rings. The molecule has 0 amide bonds. The minimum absolute atomic E-state index is 0.330. The van der Waals surface area contributed by atoms with Crippen LogP contribution in [0, 0.1) is 36.3 Å². The molecule has 0 saturated carbocycles. The van der Waals surface area contributed by atoms with E-state index in [-0.39, 0.29) is 23.5 Å². The first kappa shape index (κ1) is 13.8. The van der Waals surface area contributed by atoms with E-state index >= 15 is 0 Å². The first-order chi connectivity index (χ1) is 9.65. The Labute approximate surface area is 117 Å². The standard InChI is InChI=1S/C18H12F2/c1-3-17(13-5-9-15(19)10-6-13)18(4-2)14-7-11-16(20)12-8-14/h1-2,5-12,17-18H. The fourth-order valence-corrected chi connectivity index (χ4v) is 2.11. The molecule has 0 spiro atoms. The molecule has 2 unspecified atom stereocenters. The van der Waals surface area contributed by atoms with Crippen LogP contribution in [0.4, 0.5) is 8.78 Å². The first-order valence-electron chi connectivity index (χ1n) is 6.09. The van der Waals surface area contributed by atoms with Crippen molar-refractivity contribution in [2.24, 2.45) is 0 Å². The van der Waals surface area contributed by atoms with Crippen molar-refractivity contribution in [3.63, 3.8) is 0 Å². The van der Waals surface area contributed by atoms with Crippen LogP contribution in [0.5, 0.6) is 0 Å². The average molecular weight is 266 g/mol. The van der Waals surface area contributed by atoms with Crippen LogP contribution in [0.2, 0.25) is 0 Å². The van der Waals surface area contributed by atoms with Gasteiger partial charge in [0.2, 0.25) is 0 Å². The third-order valence-electron chi connectivity index (χ3n) is 3.15. The Morgan fingerprint density at radius 2 is 0.950 bits per heavy atom. The van der Waals surface area contributed by atoms with E-state index in [2.05, 4.69) is 11.8 Å². The molecular formula is C18H12F2. The van der Waals surface area contributed by atoms with Gasteiger partial charge in [0.05, 0.1) is 11.8 Å². The van der Waals surface area contributed by atoms with E-state index in [4.69, 9.17) is 12.8 Å². The summed E-state index contributed by atoms with van der Waals surface area (Å²) in [7, 11) is 0. The molecule has 2 atom stereocenters. The first-order valence-corrected chi connectivity index (χ1v) is 6.09. The van der Waals surface area contributed by atoms with Crippen molar-refractivity contribution in [1.82, 2.24) is 0 Å². The van der Waals surface area contributed by atoms with E-state index in [1.807, 2.05) is 0 Å². The van der Waals surface area contributed by atoms with Crippen LogP contribution in [-0.2, 0) is 0 Å². The van der Waals surface area contributed by atoms with Crippen molar-refractivity contribution in [3.8, 4) is 24.7 Å². The van der Waals surface area contributed by atoms with E-state index in [1.54, 1.807) is 24.3 Å². The highest BCUT2D eigenvalue weighted by atomic mass is 19.1. The van der Waals surface area contributed by atoms with Crippen molar-refractivity contribution in [1.29, 1.82) is 0 Å². The predicted octanol–water partition coefficient (Wildman–Crippen LogP) is 4.10. The largest absolute Gasteiger partial charge is 0.207 e. The maximum Gasteiger partial charge on any atom is 0.123 e. The van der Waals surface area contributed by atoms with Crippen molar-refractivity contribution in [3.05, 3.63) is 71.3 Å². The smallest absolute Gasteiger partial charge is 0.123 e. The van der Waals surface area contributed by atoms with Gasteiger partial charge in [0, 0.05) is 0 Å². The molecule has 0 aliphatic carbocycles. The molecule has 0 nitrogen and oxygen atoms in total. The van der Waals surface area contributed by atoms with Gasteiger partial charge in [-0.1, -0.05) is 36.1 Å². The summed E-state index contributed by atoms with van der Waals surface area (Å²) in [5.74, 6) is 3.86. The minimum atomic E-state index is -0.383. The number of benzene rings is 2. The lowest BCUT2D eigenvalue weighted by Gasteiger charge is -2.19. The second-order valence-electron chi connectivity index (χ2n) is 4.39. The maximum absolute atomic E-state index is 13.0. The summed E-state index contributed by atoms with van der Waals surface area (Å²) in [5.41, 5.74) is 1.53. The summed E-state index contributed by atoms with van der Waals surface area (Å²) < 4.78 is 25.9. The van der Waals surface area contributed by atoms with Gasteiger partial charge in [0.15, 0.2) is 0 Å². The highest BCUT2D eigenvalue weighted by Gasteiger charge is 2.21. The molecule has 2 rings (SSSR count). The summed E-state index contributed by atoms with van der Waals surface area (Å²) >= 11 is 0. The normalized spacial score (nSPS) is 13.0. The molecule has 0 bridgehead atoms. The number of hydrogen-bond donors (Lipinski definition) is 0. The van der Waals surface area contributed by atoms with Crippen molar-refractivity contribution < 1.29 is 8.78 Å². The van der Waals surface area contributed by atoms with Gasteiger partial charge >= 0.3 is 0 Å². The van der Waals surface area contributed by atoms with Gasteiger partial charge in [-0.3, -0.25) is 0 Å². The third-order valence-corrected chi connectivity index (χ3v) is 3.15. The van der Waals surface area contributed by atoms with Crippen LogP contribution >= 0.6 is 0 Å². The Morgan fingerprint density at radius 1 is 0.650 bits per heavy atom. The van der Waals surface area contributed by atoms with Gasteiger partial charge in [-0.25, -0.2) is 8.78 Å². The summed E-state index contributed by atoms with van der Waals surface area (Å²) in [6.07, 6.45) is 11.1. The molecular weight excluding hydrogens is 254 g/mol. The summed E-state index contributed by atoms with van der Waals surface area (Å²) in [4.78, 5) is 0. The lowest BCUT2D eigenvalue weighted by Crippen LogP contribution is -2.08.